The van der Waals surface area contributed by atoms with Crippen molar-refractivity contribution in [2.24, 2.45) is 5.73 Å². The molecule has 0 aliphatic heterocycles. The molecule has 0 amide bonds. The van der Waals surface area contributed by atoms with E-state index in [-0.39, 0.29) is 10.5 Å². The van der Waals surface area contributed by atoms with Gasteiger partial charge in [-0.25, -0.2) is 12.8 Å². The van der Waals surface area contributed by atoms with Crippen molar-refractivity contribution < 1.29 is 12.8 Å². The van der Waals surface area contributed by atoms with E-state index in [2.05, 4.69) is 5.10 Å². The van der Waals surface area contributed by atoms with Gasteiger partial charge < -0.3 is 5.73 Å². The van der Waals surface area contributed by atoms with E-state index >= 15 is 0 Å². The normalized spacial score (nSPS) is 11.5. The van der Waals surface area contributed by atoms with Gasteiger partial charge in [-0.15, -0.1) is 0 Å². The van der Waals surface area contributed by atoms with E-state index in [1.54, 1.807) is 30.5 Å². The Morgan fingerprint density at radius 1 is 0.906 bits per heavy atom. The maximum absolute atomic E-state index is 13.5. The van der Waals surface area contributed by atoms with Crippen LogP contribution in [0.15, 0.2) is 88.7 Å². The Hall–Kier alpha value is -3.62. The predicted molar refractivity (Wildman–Crippen MR) is 122 cm³/mol. The number of rotatable bonds is 5. The van der Waals surface area contributed by atoms with Crippen molar-refractivity contribution in [2.45, 2.75) is 11.4 Å². The highest BCUT2D eigenvalue weighted by Crippen LogP contribution is 2.30. The van der Waals surface area contributed by atoms with Crippen LogP contribution in [0.25, 0.3) is 27.9 Å². The van der Waals surface area contributed by atoms with Crippen molar-refractivity contribution in [3.8, 4) is 27.9 Å². The largest absolute Gasteiger partial charge is 0.326 e. The molecule has 8 heteroatoms. The number of nitrogens with two attached hydrogens (primary N) is 1. The molecule has 162 valence electrons. The van der Waals surface area contributed by atoms with Crippen LogP contribution in [0.3, 0.4) is 0 Å². The second-order valence-corrected chi connectivity index (χ2v) is 9.34. The summed E-state index contributed by atoms with van der Waals surface area (Å²) in [7, 11) is -3.36. The van der Waals surface area contributed by atoms with E-state index in [0.29, 0.717) is 34.5 Å². The van der Waals surface area contributed by atoms with Gasteiger partial charge in [-0.3, -0.25) is 4.79 Å². The molecule has 0 bridgehead atoms. The third-order valence-electron chi connectivity index (χ3n) is 5.12. The molecule has 0 radical (unpaired) electrons. The van der Waals surface area contributed by atoms with Crippen LogP contribution in [0, 0.1) is 5.82 Å². The monoisotopic (exact) mass is 449 g/mol. The van der Waals surface area contributed by atoms with E-state index in [1.165, 1.54) is 41.1 Å². The van der Waals surface area contributed by atoms with Crippen LogP contribution < -0.4 is 11.3 Å². The van der Waals surface area contributed by atoms with E-state index in [1.807, 2.05) is 12.1 Å². The second kappa shape index (κ2) is 8.49. The van der Waals surface area contributed by atoms with Gasteiger partial charge in [-0.2, -0.15) is 9.78 Å². The number of nitrogens with zero attached hydrogens (tertiary/aromatic N) is 2. The quantitative estimate of drug-likeness (QED) is 0.503. The Kier molecular flexibility index (Phi) is 5.73. The average molecular weight is 450 g/mol. The average Bonchev–Trinajstić information content (AvgIpc) is 2.79. The van der Waals surface area contributed by atoms with E-state index in [4.69, 9.17) is 5.73 Å². The lowest BCUT2D eigenvalue weighted by atomic mass is 9.97. The van der Waals surface area contributed by atoms with Crippen molar-refractivity contribution in [2.75, 3.05) is 6.26 Å². The molecular weight excluding hydrogens is 429 g/mol. The lowest BCUT2D eigenvalue weighted by Gasteiger charge is -2.13. The Bertz CT molecular complexity index is 1430. The molecule has 0 saturated heterocycles. The number of sulfone groups is 1. The number of hydrogen-bond acceptors (Lipinski definition) is 5. The van der Waals surface area contributed by atoms with Crippen molar-refractivity contribution in [3.05, 3.63) is 101 Å². The molecule has 0 fully saturated rings. The summed E-state index contributed by atoms with van der Waals surface area (Å²) in [4.78, 5) is 13.7. The molecular formula is C24H20FN3O3S. The first-order chi connectivity index (χ1) is 15.3. The molecule has 0 aliphatic carbocycles. The van der Waals surface area contributed by atoms with Gasteiger partial charge in [-0.1, -0.05) is 36.4 Å². The van der Waals surface area contributed by atoms with E-state index in [9.17, 15) is 17.6 Å². The molecule has 1 heterocycles. The summed E-state index contributed by atoms with van der Waals surface area (Å²) in [6.07, 6.45) is 2.68. The van der Waals surface area contributed by atoms with Crippen molar-refractivity contribution in [1.82, 2.24) is 9.78 Å². The zero-order chi connectivity index (χ0) is 22.9. The second-order valence-electron chi connectivity index (χ2n) is 7.32. The first-order valence-corrected chi connectivity index (χ1v) is 11.7. The molecule has 4 aromatic rings. The highest BCUT2D eigenvalue weighted by atomic mass is 32.2. The highest BCUT2D eigenvalue weighted by Gasteiger charge is 2.17. The zero-order valence-corrected chi connectivity index (χ0v) is 18.0. The summed E-state index contributed by atoms with van der Waals surface area (Å²) in [5, 5.41) is 4.34. The molecule has 0 aliphatic rings. The summed E-state index contributed by atoms with van der Waals surface area (Å²) in [6.45, 7) is 0.381. The van der Waals surface area contributed by atoms with Gasteiger partial charge in [0.05, 0.1) is 22.3 Å². The third-order valence-corrected chi connectivity index (χ3v) is 6.25. The van der Waals surface area contributed by atoms with Gasteiger partial charge in [0.25, 0.3) is 5.56 Å². The maximum atomic E-state index is 13.5. The van der Waals surface area contributed by atoms with Crippen molar-refractivity contribution >= 4 is 9.84 Å². The van der Waals surface area contributed by atoms with Gasteiger partial charge in [0.15, 0.2) is 9.84 Å². The Balaban J connectivity index is 1.93. The molecule has 0 unspecified atom stereocenters. The standard InChI is InChI=1S/C24H20FN3O3S/c1-32(30,31)21-12-6-17(7-13-21)22-15-27-28(20-10-2-16(14-26)3-11-20)24(29)23(22)18-4-8-19(25)9-5-18/h2-13,15H,14,26H2,1H3. The molecule has 1 aromatic heterocycles. The molecule has 0 atom stereocenters. The number of aromatic nitrogens is 2. The van der Waals surface area contributed by atoms with Crippen LogP contribution in [0.4, 0.5) is 4.39 Å². The van der Waals surface area contributed by atoms with Crippen LogP contribution >= 0.6 is 0 Å². The number of halogens is 1. The molecule has 4 rings (SSSR count). The lowest BCUT2D eigenvalue weighted by Crippen LogP contribution is -2.23. The molecule has 6 nitrogen and oxygen atoms in total. The smallest absolute Gasteiger partial charge is 0.279 e. The summed E-state index contributed by atoms with van der Waals surface area (Å²) >= 11 is 0. The van der Waals surface area contributed by atoms with Gasteiger partial charge in [-0.05, 0) is 53.1 Å². The minimum atomic E-state index is -3.36. The minimum Gasteiger partial charge on any atom is -0.326 e. The topological polar surface area (TPSA) is 95.1 Å². The van der Waals surface area contributed by atoms with Crippen molar-refractivity contribution in [3.63, 3.8) is 0 Å². The molecule has 0 saturated carbocycles. The molecule has 3 aromatic carbocycles. The van der Waals surface area contributed by atoms with Crippen LogP contribution in [0.2, 0.25) is 0 Å². The summed E-state index contributed by atoms with van der Waals surface area (Å²) in [5.74, 6) is -0.417. The van der Waals surface area contributed by atoms with Crippen LogP contribution in [-0.4, -0.2) is 24.5 Å². The summed E-state index contributed by atoms with van der Waals surface area (Å²) in [6, 6.07) is 19.0. The van der Waals surface area contributed by atoms with Crippen LogP contribution in [0.1, 0.15) is 5.56 Å². The van der Waals surface area contributed by atoms with E-state index in [0.717, 1.165) is 11.8 Å². The predicted octanol–water partition coefficient (Wildman–Crippen LogP) is 3.57. The fraction of sp³-hybridized carbons (Fsp3) is 0.0833. The fourth-order valence-electron chi connectivity index (χ4n) is 3.41. The van der Waals surface area contributed by atoms with E-state index < -0.39 is 15.7 Å². The molecule has 2 N–H and O–H groups in total. The minimum absolute atomic E-state index is 0.172. The van der Waals surface area contributed by atoms with Gasteiger partial charge in [0.1, 0.15) is 5.82 Å². The maximum Gasteiger partial charge on any atom is 0.279 e. The Morgan fingerprint density at radius 3 is 2.06 bits per heavy atom. The van der Waals surface area contributed by atoms with Crippen LogP contribution in [0.5, 0.6) is 0 Å². The van der Waals surface area contributed by atoms with Crippen molar-refractivity contribution in [1.29, 1.82) is 0 Å². The van der Waals surface area contributed by atoms with Crippen LogP contribution in [-0.2, 0) is 16.4 Å². The Morgan fingerprint density at radius 2 is 1.50 bits per heavy atom. The zero-order valence-electron chi connectivity index (χ0n) is 17.2. The Labute approximate surface area is 184 Å². The van der Waals surface area contributed by atoms with Gasteiger partial charge in [0, 0.05) is 18.4 Å². The first-order valence-electron chi connectivity index (χ1n) is 9.76. The lowest BCUT2D eigenvalue weighted by molar-refractivity contribution is 0.602. The number of benzene rings is 3. The van der Waals surface area contributed by atoms with Gasteiger partial charge >= 0.3 is 0 Å². The van der Waals surface area contributed by atoms with Gasteiger partial charge in [0.2, 0.25) is 0 Å². The third kappa shape index (κ3) is 4.23. The highest BCUT2D eigenvalue weighted by molar-refractivity contribution is 7.90. The summed E-state index contributed by atoms with van der Waals surface area (Å²) < 4.78 is 38.4. The molecule has 0 spiro atoms. The number of hydrogen-bond donors (Lipinski definition) is 1. The molecule has 32 heavy (non-hydrogen) atoms. The summed E-state index contributed by atoms with van der Waals surface area (Å²) in [5.41, 5.74) is 8.73. The fourth-order valence-corrected chi connectivity index (χ4v) is 4.04. The first kappa shape index (κ1) is 21.6. The SMILES string of the molecule is CS(=O)(=O)c1ccc(-c2cnn(-c3ccc(CN)cc3)c(=O)c2-c2ccc(F)cc2)cc1.